The lowest BCUT2D eigenvalue weighted by Gasteiger charge is -2.36. The lowest BCUT2D eigenvalue weighted by Crippen LogP contribution is -2.49. The first-order valence-electron chi connectivity index (χ1n) is 12.4. The van der Waals surface area contributed by atoms with Gasteiger partial charge in [-0.05, 0) is 61.0 Å². The number of ether oxygens (including phenoxy) is 2. The topological polar surface area (TPSA) is 96.5 Å². The number of rotatable bonds is 7. The van der Waals surface area contributed by atoms with Gasteiger partial charge in [-0.3, -0.25) is 14.5 Å². The fourth-order valence-corrected chi connectivity index (χ4v) is 6.63. The molecule has 0 bridgehead atoms. The number of nitrogens with zero attached hydrogens (tertiary/aromatic N) is 3. The highest BCUT2D eigenvalue weighted by molar-refractivity contribution is 7.89. The van der Waals surface area contributed by atoms with Crippen molar-refractivity contribution in [3.63, 3.8) is 0 Å². The van der Waals surface area contributed by atoms with E-state index in [0.29, 0.717) is 35.0 Å². The summed E-state index contributed by atoms with van der Waals surface area (Å²) in [7, 11) is -2.28. The molecule has 39 heavy (non-hydrogen) atoms. The molecule has 11 heteroatoms. The summed E-state index contributed by atoms with van der Waals surface area (Å²) in [6.07, 6.45) is 0. The highest BCUT2D eigenvalue weighted by atomic mass is 35.5. The zero-order valence-electron chi connectivity index (χ0n) is 21.6. The lowest BCUT2D eigenvalue weighted by molar-refractivity contribution is -0.121. The number of aryl methyl sites for hydroxylation is 1. The number of carbonyl (C=O) groups excluding carboxylic acids is 2. The number of hydrogen-bond acceptors (Lipinski definition) is 7. The number of piperazine rings is 1. The average Bonchev–Trinajstić information content (AvgIpc) is 2.94. The zero-order chi connectivity index (χ0) is 27.7. The Morgan fingerprint density at radius 3 is 2.38 bits per heavy atom. The molecule has 0 atom stereocenters. The predicted molar refractivity (Wildman–Crippen MR) is 149 cm³/mol. The number of para-hydroxylation sites is 2. The molecule has 0 aromatic heterocycles. The molecule has 3 aromatic rings. The molecule has 1 saturated heterocycles. The first kappa shape index (κ1) is 27.0. The molecule has 1 amide bonds. The summed E-state index contributed by atoms with van der Waals surface area (Å²) in [5, 5.41) is 0.494. The van der Waals surface area contributed by atoms with Crippen molar-refractivity contribution in [1.82, 2.24) is 4.31 Å². The molecule has 3 aromatic carbocycles. The van der Waals surface area contributed by atoms with E-state index in [1.54, 1.807) is 44.4 Å². The van der Waals surface area contributed by atoms with Crippen molar-refractivity contribution in [2.45, 2.75) is 11.8 Å². The van der Waals surface area contributed by atoms with Crippen LogP contribution in [0.15, 0.2) is 65.6 Å². The van der Waals surface area contributed by atoms with E-state index in [9.17, 15) is 18.0 Å². The van der Waals surface area contributed by atoms with Crippen LogP contribution in [0.3, 0.4) is 0 Å². The second-order valence-electron chi connectivity index (χ2n) is 9.35. The quantitative estimate of drug-likeness (QED) is 0.400. The van der Waals surface area contributed by atoms with Gasteiger partial charge in [0.15, 0.2) is 12.4 Å². The van der Waals surface area contributed by atoms with Gasteiger partial charge in [-0.15, -0.1) is 0 Å². The monoisotopic (exact) mass is 569 g/mol. The molecule has 2 heterocycles. The van der Waals surface area contributed by atoms with Crippen LogP contribution in [0.4, 0.5) is 11.4 Å². The first-order valence-corrected chi connectivity index (χ1v) is 14.3. The number of ketones is 1. The molecule has 9 nitrogen and oxygen atoms in total. The highest BCUT2D eigenvalue weighted by Gasteiger charge is 2.34. The summed E-state index contributed by atoms with van der Waals surface area (Å²) in [6.45, 7) is 2.76. The molecule has 1 fully saturated rings. The van der Waals surface area contributed by atoms with Gasteiger partial charge >= 0.3 is 0 Å². The van der Waals surface area contributed by atoms with Crippen LogP contribution in [0.5, 0.6) is 11.5 Å². The summed E-state index contributed by atoms with van der Waals surface area (Å²) >= 11 is 5.93. The van der Waals surface area contributed by atoms with E-state index < -0.39 is 15.9 Å². The molecular weight excluding hydrogens is 542 g/mol. The van der Waals surface area contributed by atoms with Crippen molar-refractivity contribution < 1.29 is 27.5 Å². The van der Waals surface area contributed by atoms with Crippen LogP contribution < -0.4 is 19.3 Å². The number of carbonyl (C=O) groups is 2. The molecule has 204 valence electrons. The second kappa shape index (κ2) is 10.9. The van der Waals surface area contributed by atoms with Gasteiger partial charge in [0.05, 0.1) is 29.9 Å². The molecule has 0 saturated carbocycles. The summed E-state index contributed by atoms with van der Waals surface area (Å²) in [5.74, 6) is 0.362. The standard InChI is InChI=1S/C28H28ClN3O6S/c1-19-15-26-23(32(28(34)18-38-26)17-24(33)20-7-9-21(29)10-8-20)16-27(19)39(35,36)31-13-11-30(12-14-31)22-5-3-4-6-25(22)37-2/h3-10,15-16H,11-14,17-18H2,1-2H3. The number of sulfonamides is 1. The molecule has 2 aliphatic heterocycles. The van der Waals surface area contributed by atoms with Crippen LogP contribution in [0.25, 0.3) is 0 Å². The van der Waals surface area contributed by atoms with Gasteiger partial charge in [-0.2, -0.15) is 4.31 Å². The minimum atomic E-state index is -3.89. The molecule has 0 unspecified atom stereocenters. The van der Waals surface area contributed by atoms with Crippen molar-refractivity contribution in [1.29, 1.82) is 0 Å². The maximum atomic E-state index is 13.8. The summed E-state index contributed by atoms with van der Waals surface area (Å²) in [5.41, 5.74) is 2.07. The smallest absolute Gasteiger partial charge is 0.265 e. The van der Waals surface area contributed by atoms with Crippen LogP contribution in [0.1, 0.15) is 15.9 Å². The molecule has 0 aliphatic carbocycles. The average molecular weight is 570 g/mol. The van der Waals surface area contributed by atoms with E-state index in [2.05, 4.69) is 4.90 Å². The van der Waals surface area contributed by atoms with Crippen molar-refractivity contribution in [2.75, 3.05) is 56.2 Å². The number of benzene rings is 3. The Kier molecular flexibility index (Phi) is 7.53. The third-order valence-electron chi connectivity index (χ3n) is 6.95. The second-order valence-corrected chi connectivity index (χ2v) is 11.7. The van der Waals surface area contributed by atoms with Crippen molar-refractivity contribution in [2.24, 2.45) is 0 Å². The van der Waals surface area contributed by atoms with E-state index in [0.717, 1.165) is 11.4 Å². The number of methoxy groups -OCH3 is 1. The SMILES string of the molecule is COc1ccccc1N1CCN(S(=O)(=O)c2cc3c(cc2C)OCC(=O)N3CC(=O)c2ccc(Cl)cc2)CC1. The predicted octanol–water partition coefficient (Wildman–Crippen LogP) is 3.78. The summed E-state index contributed by atoms with van der Waals surface area (Å²) in [6, 6.07) is 17.1. The Morgan fingerprint density at radius 2 is 1.69 bits per heavy atom. The number of fused-ring (bicyclic) bond motifs is 1. The Balaban J connectivity index is 1.39. The van der Waals surface area contributed by atoms with E-state index in [1.165, 1.54) is 15.3 Å². The summed E-state index contributed by atoms with van der Waals surface area (Å²) < 4.78 is 40.1. The number of halogens is 1. The first-order chi connectivity index (χ1) is 18.7. The minimum absolute atomic E-state index is 0.0780. The molecule has 2 aliphatic rings. The Hall–Kier alpha value is -3.60. The molecule has 5 rings (SSSR count). The molecule has 0 N–H and O–H groups in total. The van der Waals surface area contributed by atoms with Gasteiger partial charge in [-0.1, -0.05) is 23.7 Å². The Morgan fingerprint density at radius 1 is 1.00 bits per heavy atom. The van der Waals surface area contributed by atoms with Crippen LogP contribution in [0.2, 0.25) is 5.02 Å². The fourth-order valence-electron chi connectivity index (χ4n) is 4.85. The van der Waals surface area contributed by atoms with Crippen molar-refractivity contribution in [3.05, 3.63) is 76.8 Å². The summed E-state index contributed by atoms with van der Waals surface area (Å²) in [4.78, 5) is 29.2. The van der Waals surface area contributed by atoms with Gasteiger partial charge in [0, 0.05) is 36.8 Å². The Labute approximate surface area is 232 Å². The van der Waals surface area contributed by atoms with E-state index in [1.807, 2.05) is 24.3 Å². The Bertz CT molecular complexity index is 1520. The number of Topliss-reactive ketones (excluding diaryl/α,β-unsaturated/α-hetero) is 1. The highest BCUT2D eigenvalue weighted by Crippen LogP contribution is 2.38. The van der Waals surface area contributed by atoms with Gasteiger partial charge in [0.1, 0.15) is 11.5 Å². The largest absolute Gasteiger partial charge is 0.495 e. The maximum Gasteiger partial charge on any atom is 0.265 e. The maximum absolute atomic E-state index is 13.8. The minimum Gasteiger partial charge on any atom is -0.495 e. The lowest BCUT2D eigenvalue weighted by atomic mass is 10.1. The van der Waals surface area contributed by atoms with Gasteiger partial charge in [-0.25, -0.2) is 8.42 Å². The van der Waals surface area contributed by atoms with E-state index in [4.69, 9.17) is 21.1 Å². The third kappa shape index (κ3) is 5.32. The van der Waals surface area contributed by atoms with Crippen molar-refractivity contribution in [3.8, 4) is 11.5 Å². The molecule has 0 radical (unpaired) electrons. The number of hydrogen-bond donors (Lipinski definition) is 0. The van der Waals surface area contributed by atoms with E-state index in [-0.39, 0.29) is 42.6 Å². The van der Waals surface area contributed by atoms with E-state index >= 15 is 0 Å². The third-order valence-corrected chi connectivity index (χ3v) is 9.24. The van der Waals surface area contributed by atoms with Crippen LogP contribution in [-0.2, 0) is 14.8 Å². The molecule has 0 spiro atoms. The van der Waals surface area contributed by atoms with Crippen LogP contribution in [0, 0.1) is 6.92 Å². The van der Waals surface area contributed by atoms with Crippen LogP contribution >= 0.6 is 11.6 Å². The normalized spacial score (nSPS) is 16.0. The number of amides is 1. The number of anilines is 2. The van der Waals surface area contributed by atoms with Crippen LogP contribution in [-0.4, -0.2) is 70.9 Å². The molecular formula is C28H28ClN3O6S. The van der Waals surface area contributed by atoms with Gasteiger partial charge in [0.25, 0.3) is 5.91 Å². The van der Waals surface area contributed by atoms with Gasteiger partial charge < -0.3 is 14.4 Å². The van der Waals surface area contributed by atoms with Crippen molar-refractivity contribution >= 4 is 44.7 Å². The van der Waals surface area contributed by atoms with Gasteiger partial charge in [0.2, 0.25) is 10.0 Å². The fraction of sp³-hybridized carbons (Fsp3) is 0.286. The zero-order valence-corrected chi connectivity index (χ0v) is 23.2.